The van der Waals surface area contributed by atoms with Crippen molar-refractivity contribution in [3.63, 3.8) is 0 Å². The van der Waals surface area contributed by atoms with Crippen molar-refractivity contribution in [2.24, 2.45) is 0 Å². The summed E-state index contributed by atoms with van der Waals surface area (Å²) in [6, 6.07) is 48.5. The normalized spacial score (nSPS) is 11.6. The molecule has 0 saturated heterocycles. The summed E-state index contributed by atoms with van der Waals surface area (Å²) in [5, 5.41) is 14.2. The fraction of sp³-hybridized carbons (Fsp3) is 0. The summed E-state index contributed by atoms with van der Waals surface area (Å²) in [5.41, 5.74) is -0.185. The number of hydrogen-bond donors (Lipinski definition) is 2. The second kappa shape index (κ2) is 12.0. The van der Waals surface area contributed by atoms with Crippen molar-refractivity contribution in [1.29, 1.82) is 0 Å². The standard InChI is InChI=1S/C24H21P.C7H6O5S/c1-5-13-21(14-6-1)25(22-15-7-2-8-16-22,23-17-9-3-10-18-23)24-19-11-4-12-20-24;8-7(9)5-2-1-3-6(4-5)13(10,11)12/h1-20,25H;1-4H,(H,8,9)(H,10,11,12). The van der Waals surface area contributed by atoms with Gasteiger partial charge in [-0.25, -0.2) is 4.79 Å². The number of benzene rings is 5. The first-order valence-electron chi connectivity index (χ1n) is 11.9. The molecule has 0 aliphatic carbocycles. The number of carbonyl (C=O) groups is 1. The van der Waals surface area contributed by atoms with Gasteiger partial charge in [0.1, 0.15) is 0 Å². The van der Waals surface area contributed by atoms with Crippen LogP contribution in [0.2, 0.25) is 0 Å². The summed E-state index contributed by atoms with van der Waals surface area (Å²) in [6.07, 6.45) is 0. The Morgan fingerprint density at radius 2 is 0.868 bits per heavy atom. The van der Waals surface area contributed by atoms with Gasteiger partial charge >= 0.3 is 156 Å². The minimum absolute atomic E-state index is 0.185. The molecule has 0 heterocycles. The van der Waals surface area contributed by atoms with E-state index in [2.05, 4.69) is 121 Å². The third-order valence-electron chi connectivity index (χ3n) is 6.21. The molecule has 0 aromatic heterocycles. The van der Waals surface area contributed by atoms with E-state index in [9.17, 15) is 13.2 Å². The molecule has 5 rings (SSSR count). The zero-order chi connectivity index (χ0) is 27.0. The predicted octanol–water partition coefficient (Wildman–Crippen LogP) is 4.67. The monoisotopic (exact) mass is 542 g/mol. The van der Waals surface area contributed by atoms with Crippen LogP contribution in [0.1, 0.15) is 10.4 Å². The number of hydrogen-bond acceptors (Lipinski definition) is 3. The van der Waals surface area contributed by atoms with Gasteiger partial charge in [0.15, 0.2) is 0 Å². The van der Waals surface area contributed by atoms with Crippen LogP contribution in [0.25, 0.3) is 0 Å². The van der Waals surface area contributed by atoms with Crippen molar-refractivity contribution in [2.45, 2.75) is 4.90 Å². The van der Waals surface area contributed by atoms with Crippen LogP contribution in [-0.4, -0.2) is 24.0 Å². The van der Waals surface area contributed by atoms with Gasteiger partial charge in [-0.15, -0.1) is 0 Å². The average Bonchev–Trinajstić information content (AvgIpc) is 2.96. The molecule has 0 fully saturated rings. The second-order valence-corrected chi connectivity index (χ2v) is 13.8. The molecule has 5 nitrogen and oxygen atoms in total. The SMILES string of the molecule is O=C(O)c1cccc(S(=O)(=O)O)c1.c1ccc([PH](c2ccccc2)(c2ccccc2)c2ccccc2)cc1. The molecule has 5 aromatic carbocycles. The fourth-order valence-electron chi connectivity index (χ4n) is 4.54. The zero-order valence-corrected chi connectivity index (χ0v) is 22.2. The summed E-state index contributed by atoms with van der Waals surface area (Å²) in [5.74, 6) is -1.24. The van der Waals surface area contributed by atoms with E-state index in [4.69, 9.17) is 9.66 Å². The van der Waals surface area contributed by atoms with Crippen LogP contribution in [0.5, 0.6) is 0 Å². The molecule has 0 aliphatic heterocycles. The van der Waals surface area contributed by atoms with Crippen LogP contribution in [0, 0.1) is 0 Å². The summed E-state index contributed by atoms with van der Waals surface area (Å²) < 4.78 is 29.7. The molecule has 192 valence electrons. The van der Waals surface area contributed by atoms with Gasteiger partial charge in [0.25, 0.3) is 10.1 Å². The molecule has 5 aromatic rings. The molecule has 38 heavy (non-hydrogen) atoms. The predicted molar refractivity (Wildman–Crippen MR) is 156 cm³/mol. The first kappa shape index (κ1) is 27.0. The number of carboxylic acid groups (broad SMARTS) is 1. The molecule has 0 amide bonds. The molecular weight excluding hydrogens is 515 g/mol. The maximum absolute atomic E-state index is 10.6. The molecule has 0 radical (unpaired) electrons. The molecule has 0 unspecified atom stereocenters. The Morgan fingerprint density at radius 3 is 1.16 bits per heavy atom. The summed E-state index contributed by atoms with van der Waals surface area (Å²) >= 11 is 0. The second-order valence-electron chi connectivity index (χ2n) is 8.52. The van der Waals surface area contributed by atoms with Gasteiger partial charge in [-0.1, -0.05) is 6.07 Å². The van der Waals surface area contributed by atoms with Gasteiger partial charge < -0.3 is 5.11 Å². The van der Waals surface area contributed by atoms with E-state index in [0.29, 0.717) is 0 Å². The van der Waals surface area contributed by atoms with E-state index >= 15 is 0 Å². The van der Waals surface area contributed by atoms with Crippen LogP contribution in [-0.2, 0) is 10.1 Å². The van der Waals surface area contributed by atoms with E-state index < -0.39 is 28.2 Å². The van der Waals surface area contributed by atoms with E-state index in [1.807, 2.05) is 0 Å². The van der Waals surface area contributed by atoms with Crippen LogP contribution < -0.4 is 21.2 Å². The Morgan fingerprint density at radius 1 is 0.526 bits per heavy atom. The topological polar surface area (TPSA) is 91.7 Å². The van der Waals surface area contributed by atoms with E-state index in [1.54, 1.807) is 0 Å². The number of rotatable bonds is 6. The molecule has 2 N–H and O–H groups in total. The maximum atomic E-state index is 10.6. The van der Waals surface area contributed by atoms with E-state index in [1.165, 1.54) is 33.4 Å². The van der Waals surface area contributed by atoms with Crippen molar-refractivity contribution in [2.75, 3.05) is 0 Å². The molecular formula is C31H27O5PS. The van der Waals surface area contributed by atoms with Gasteiger partial charge in [-0.3, -0.25) is 4.55 Å². The van der Waals surface area contributed by atoms with Crippen molar-refractivity contribution < 1.29 is 22.9 Å². The van der Waals surface area contributed by atoms with Crippen LogP contribution in [0.4, 0.5) is 0 Å². The Hall–Kier alpha value is -4.09. The van der Waals surface area contributed by atoms with Crippen LogP contribution in [0.15, 0.2) is 150 Å². The molecule has 7 heteroatoms. The van der Waals surface area contributed by atoms with Gasteiger partial charge in [-0.2, -0.15) is 8.42 Å². The fourth-order valence-corrected chi connectivity index (χ4v) is 9.84. The van der Waals surface area contributed by atoms with Gasteiger partial charge in [-0.05, 0) is 18.2 Å². The van der Waals surface area contributed by atoms with Crippen molar-refractivity contribution in [1.82, 2.24) is 0 Å². The molecule has 0 bridgehead atoms. The summed E-state index contributed by atoms with van der Waals surface area (Å²) in [4.78, 5) is 9.98. The average molecular weight is 543 g/mol. The molecule has 0 aliphatic rings. The summed E-state index contributed by atoms with van der Waals surface area (Å²) in [7, 11) is -6.62. The number of aromatic carboxylic acids is 1. The van der Waals surface area contributed by atoms with Crippen LogP contribution in [0.3, 0.4) is 0 Å². The van der Waals surface area contributed by atoms with E-state index in [-0.39, 0.29) is 5.56 Å². The van der Waals surface area contributed by atoms with Crippen molar-refractivity contribution in [3.05, 3.63) is 151 Å². The Kier molecular flexibility index (Phi) is 8.49. The Balaban J connectivity index is 0.000000219. The van der Waals surface area contributed by atoms with Gasteiger partial charge in [0, 0.05) is 0 Å². The first-order valence-corrected chi connectivity index (χ1v) is 15.3. The zero-order valence-electron chi connectivity index (χ0n) is 20.4. The molecule has 0 atom stereocenters. The minimum atomic E-state index is -4.32. The Labute approximate surface area is 223 Å². The van der Waals surface area contributed by atoms with E-state index in [0.717, 1.165) is 12.1 Å². The summed E-state index contributed by atoms with van der Waals surface area (Å²) in [6.45, 7) is 0. The first-order chi connectivity index (χ1) is 18.3. The van der Waals surface area contributed by atoms with Crippen molar-refractivity contribution in [3.8, 4) is 0 Å². The quantitative estimate of drug-likeness (QED) is 0.240. The van der Waals surface area contributed by atoms with Gasteiger partial charge in [0.2, 0.25) is 0 Å². The third kappa shape index (κ3) is 5.90. The number of carboxylic acids is 1. The third-order valence-corrected chi connectivity index (χ3v) is 11.9. The Bertz CT molecular complexity index is 1430. The van der Waals surface area contributed by atoms with Crippen LogP contribution >= 0.6 is 7.26 Å². The van der Waals surface area contributed by atoms with Gasteiger partial charge in [0.05, 0.1) is 10.5 Å². The molecule has 0 saturated carbocycles. The van der Waals surface area contributed by atoms with Crippen molar-refractivity contribution >= 4 is 44.6 Å². The molecule has 0 spiro atoms.